The highest BCUT2D eigenvalue weighted by atomic mass is 16.6. The van der Waals surface area contributed by atoms with Gasteiger partial charge in [-0.3, -0.25) is 14.9 Å². The molecule has 1 saturated heterocycles. The van der Waals surface area contributed by atoms with Gasteiger partial charge >= 0.3 is 0 Å². The molecule has 27 heavy (non-hydrogen) atoms. The van der Waals surface area contributed by atoms with E-state index >= 15 is 0 Å². The van der Waals surface area contributed by atoms with Crippen molar-refractivity contribution in [3.63, 3.8) is 0 Å². The minimum Gasteiger partial charge on any atom is -0.356 e. The minimum atomic E-state index is -0.418. The monoisotopic (exact) mass is 368 g/mol. The lowest BCUT2D eigenvalue weighted by molar-refractivity contribution is -0.384. The molecule has 9 heteroatoms. The van der Waals surface area contributed by atoms with Crippen LogP contribution in [0, 0.1) is 10.1 Å². The maximum absolute atomic E-state index is 12.5. The first-order valence-electron chi connectivity index (χ1n) is 8.84. The molecule has 0 bridgehead atoms. The van der Waals surface area contributed by atoms with Crippen molar-refractivity contribution in [2.24, 2.45) is 5.73 Å². The summed E-state index contributed by atoms with van der Waals surface area (Å²) in [6.45, 7) is 1.98. The van der Waals surface area contributed by atoms with E-state index in [1.807, 2.05) is 4.57 Å². The van der Waals surface area contributed by atoms with Crippen LogP contribution in [-0.4, -0.2) is 38.2 Å². The second-order valence-electron chi connectivity index (χ2n) is 6.80. The third kappa shape index (κ3) is 3.28. The van der Waals surface area contributed by atoms with E-state index in [2.05, 4.69) is 10.00 Å². The fourth-order valence-electron chi connectivity index (χ4n) is 3.59. The number of anilines is 1. The normalized spacial score (nSPS) is 17.4. The van der Waals surface area contributed by atoms with Crippen LogP contribution in [0.15, 0.2) is 47.4 Å². The molecule has 0 amide bonds. The van der Waals surface area contributed by atoms with E-state index in [-0.39, 0.29) is 17.3 Å². The first-order chi connectivity index (χ1) is 13.0. The Morgan fingerprint density at radius 2 is 2.04 bits per heavy atom. The predicted molar refractivity (Wildman–Crippen MR) is 101 cm³/mol. The molecular weight excluding hydrogens is 348 g/mol. The highest BCUT2D eigenvalue weighted by Crippen LogP contribution is 2.22. The standard InChI is InChI=1S/C18H20N6O3/c19-14-2-1-9-21(12-14)17-10-18(25)23-16(7-8-20-23)22(17)11-13-3-5-15(6-4-13)24(26)27/h3-8,10,14H,1-2,9,11-12,19H2/t14-/m1/s1. The highest BCUT2D eigenvalue weighted by molar-refractivity contribution is 5.51. The maximum atomic E-state index is 12.5. The van der Waals surface area contributed by atoms with Gasteiger partial charge in [0.15, 0.2) is 0 Å². The number of nitrogens with zero attached hydrogens (tertiary/aromatic N) is 5. The molecule has 9 nitrogen and oxygen atoms in total. The van der Waals surface area contributed by atoms with E-state index in [4.69, 9.17) is 5.73 Å². The Balaban J connectivity index is 1.78. The molecule has 140 valence electrons. The van der Waals surface area contributed by atoms with Gasteiger partial charge in [0.2, 0.25) is 0 Å². The van der Waals surface area contributed by atoms with Crippen LogP contribution in [-0.2, 0) is 6.54 Å². The molecule has 1 aliphatic rings. The summed E-state index contributed by atoms with van der Waals surface area (Å²) in [5.74, 6) is 0.793. The molecule has 3 aromatic rings. The van der Waals surface area contributed by atoms with Crippen LogP contribution in [0.25, 0.3) is 5.65 Å². The van der Waals surface area contributed by atoms with Crippen molar-refractivity contribution in [2.45, 2.75) is 25.4 Å². The first-order valence-corrected chi connectivity index (χ1v) is 8.84. The summed E-state index contributed by atoms with van der Waals surface area (Å²) < 4.78 is 3.37. The second-order valence-corrected chi connectivity index (χ2v) is 6.80. The SMILES string of the molecule is N[C@@H]1CCCN(c2cc(=O)n3nccc3n2Cc2ccc([N+](=O)[O-])cc2)C1. The molecule has 1 fully saturated rings. The van der Waals surface area contributed by atoms with Gasteiger partial charge in [-0.25, -0.2) is 0 Å². The topological polar surface area (TPSA) is 112 Å². The van der Waals surface area contributed by atoms with Crippen LogP contribution in [0.1, 0.15) is 18.4 Å². The molecule has 3 heterocycles. The number of aromatic nitrogens is 3. The summed E-state index contributed by atoms with van der Waals surface area (Å²) in [6.07, 6.45) is 3.53. The summed E-state index contributed by atoms with van der Waals surface area (Å²) in [4.78, 5) is 25.1. The number of hydrogen-bond donors (Lipinski definition) is 1. The van der Waals surface area contributed by atoms with Crippen LogP contribution in [0.4, 0.5) is 11.5 Å². The summed E-state index contributed by atoms with van der Waals surface area (Å²) in [5, 5.41) is 15.0. The number of piperidine rings is 1. The van der Waals surface area contributed by atoms with Crippen molar-refractivity contribution in [3.05, 3.63) is 68.6 Å². The average Bonchev–Trinajstić information content (AvgIpc) is 3.15. The number of hydrogen-bond acceptors (Lipinski definition) is 6. The number of rotatable bonds is 4. The quantitative estimate of drug-likeness (QED) is 0.550. The molecule has 4 rings (SSSR count). The molecule has 1 aromatic carbocycles. The molecular formula is C18H20N6O3. The van der Waals surface area contributed by atoms with Gasteiger partial charge in [-0.1, -0.05) is 12.1 Å². The van der Waals surface area contributed by atoms with E-state index in [9.17, 15) is 14.9 Å². The smallest absolute Gasteiger partial charge is 0.276 e. The highest BCUT2D eigenvalue weighted by Gasteiger charge is 2.21. The number of nitro groups is 1. The Bertz CT molecular complexity index is 1040. The average molecular weight is 368 g/mol. The summed E-state index contributed by atoms with van der Waals surface area (Å²) in [6, 6.07) is 9.89. The van der Waals surface area contributed by atoms with Crippen LogP contribution >= 0.6 is 0 Å². The lowest BCUT2D eigenvalue weighted by Crippen LogP contribution is -2.44. The van der Waals surface area contributed by atoms with Gasteiger partial charge in [-0.2, -0.15) is 9.61 Å². The van der Waals surface area contributed by atoms with Crippen molar-refractivity contribution >= 4 is 17.2 Å². The molecule has 0 radical (unpaired) electrons. The maximum Gasteiger partial charge on any atom is 0.276 e. The van der Waals surface area contributed by atoms with Crippen molar-refractivity contribution < 1.29 is 4.92 Å². The van der Waals surface area contributed by atoms with Gasteiger partial charge in [0.1, 0.15) is 11.5 Å². The zero-order valence-corrected chi connectivity index (χ0v) is 14.7. The van der Waals surface area contributed by atoms with Crippen molar-refractivity contribution in [1.29, 1.82) is 0 Å². The minimum absolute atomic E-state index is 0.0513. The predicted octanol–water partition coefficient (Wildman–Crippen LogP) is 1.38. The zero-order chi connectivity index (χ0) is 19.0. The molecule has 1 aliphatic heterocycles. The Morgan fingerprint density at radius 1 is 1.26 bits per heavy atom. The number of benzene rings is 1. The van der Waals surface area contributed by atoms with Gasteiger partial charge in [0.05, 0.1) is 17.7 Å². The zero-order valence-electron chi connectivity index (χ0n) is 14.7. The summed E-state index contributed by atoms with van der Waals surface area (Å²) >= 11 is 0. The fraction of sp³-hybridized carbons (Fsp3) is 0.333. The van der Waals surface area contributed by atoms with Crippen LogP contribution < -0.4 is 16.2 Å². The number of nitrogens with two attached hydrogens (primary N) is 1. The third-order valence-electron chi connectivity index (χ3n) is 4.91. The van der Waals surface area contributed by atoms with Crippen molar-refractivity contribution in [3.8, 4) is 0 Å². The van der Waals surface area contributed by atoms with E-state index in [0.29, 0.717) is 18.7 Å². The fourth-order valence-corrected chi connectivity index (χ4v) is 3.59. The molecule has 2 N–H and O–H groups in total. The van der Waals surface area contributed by atoms with Crippen molar-refractivity contribution in [1.82, 2.24) is 14.2 Å². The van der Waals surface area contributed by atoms with Gasteiger partial charge in [0.25, 0.3) is 11.2 Å². The lowest BCUT2D eigenvalue weighted by atomic mass is 10.1. The summed E-state index contributed by atoms with van der Waals surface area (Å²) in [5.41, 5.74) is 7.56. The van der Waals surface area contributed by atoms with Gasteiger partial charge in [-0.05, 0) is 18.4 Å². The van der Waals surface area contributed by atoms with E-state index in [1.165, 1.54) is 16.6 Å². The largest absolute Gasteiger partial charge is 0.356 e. The van der Waals surface area contributed by atoms with E-state index in [1.54, 1.807) is 30.5 Å². The summed E-state index contributed by atoms with van der Waals surface area (Å²) in [7, 11) is 0. The molecule has 0 saturated carbocycles. The number of fused-ring (bicyclic) bond motifs is 1. The van der Waals surface area contributed by atoms with Crippen molar-refractivity contribution in [2.75, 3.05) is 18.0 Å². The second kappa shape index (κ2) is 6.84. The Hall–Kier alpha value is -3.20. The van der Waals surface area contributed by atoms with Crippen LogP contribution in [0.5, 0.6) is 0 Å². The molecule has 1 atom stereocenters. The van der Waals surface area contributed by atoms with E-state index in [0.717, 1.165) is 30.8 Å². The van der Waals surface area contributed by atoms with Crippen LogP contribution in [0.3, 0.4) is 0 Å². The molecule has 0 spiro atoms. The Morgan fingerprint density at radius 3 is 2.74 bits per heavy atom. The molecule has 2 aromatic heterocycles. The van der Waals surface area contributed by atoms with Crippen LogP contribution in [0.2, 0.25) is 0 Å². The van der Waals surface area contributed by atoms with Gasteiger partial charge in [-0.15, -0.1) is 0 Å². The van der Waals surface area contributed by atoms with Gasteiger partial charge < -0.3 is 15.2 Å². The first kappa shape index (κ1) is 17.2. The van der Waals surface area contributed by atoms with E-state index < -0.39 is 4.92 Å². The third-order valence-corrected chi connectivity index (χ3v) is 4.91. The molecule has 0 aliphatic carbocycles. The lowest BCUT2D eigenvalue weighted by Gasteiger charge is -2.34. The Kier molecular flexibility index (Phi) is 4.36. The Labute approximate surface area is 154 Å². The number of nitro benzene ring substituents is 1. The van der Waals surface area contributed by atoms with Gasteiger partial charge in [0, 0.05) is 43.4 Å². The molecule has 0 unspecified atom stereocenters. The number of non-ortho nitro benzene ring substituents is 1.